The van der Waals surface area contributed by atoms with Gasteiger partial charge < -0.3 is 0 Å². The molecule has 0 fully saturated rings. The summed E-state index contributed by atoms with van der Waals surface area (Å²) in [5, 5.41) is 4.14. The van der Waals surface area contributed by atoms with Crippen molar-refractivity contribution in [3.05, 3.63) is 36.9 Å². The van der Waals surface area contributed by atoms with Crippen LogP contribution in [0.1, 0.15) is 0 Å². The minimum Gasteiger partial charge on any atom is -0.265 e. The Labute approximate surface area is 70.1 Å². The van der Waals surface area contributed by atoms with Crippen LogP contribution in [-0.4, -0.2) is 14.9 Å². The van der Waals surface area contributed by atoms with Gasteiger partial charge in [0.05, 0.1) is 0 Å². The highest BCUT2D eigenvalue weighted by Crippen LogP contribution is 1.98. The van der Waals surface area contributed by atoms with E-state index in [4.69, 9.17) is 0 Å². The fraction of sp³-hybridized carbons (Fsp3) is 0.125. The van der Waals surface area contributed by atoms with Gasteiger partial charge in [-0.15, -0.1) is 0 Å². The van der Waals surface area contributed by atoms with E-state index < -0.39 is 0 Å². The van der Waals surface area contributed by atoms with Gasteiger partial charge in [0.15, 0.2) is 6.20 Å². The van der Waals surface area contributed by atoms with E-state index in [0.29, 0.717) is 0 Å². The third-order valence-electron chi connectivity index (χ3n) is 1.65. The van der Waals surface area contributed by atoms with E-state index >= 15 is 0 Å². The highest BCUT2D eigenvalue weighted by molar-refractivity contribution is 5.23. The summed E-state index contributed by atoms with van der Waals surface area (Å²) in [7, 11) is 1.94. The fourth-order valence-corrected chi connectivity index (χ4v) is 1.06. The lowest BCUT2D eigenvalue weighted by Crippen LogP contribution is -2.37. The van der Waals surface area contributed by atoms with Crippen LogP contribution in [0.15, 0.2) is 36.9 Å². The van der Waals surface area contributed by atoms with Crippen LogP contribution in [-0.2, 0) is 7.05 Å². The van der Waals surface area contributed by atoms with E-state index in [1.54, 1.807) is 23.4 Å². The molecule has 0 aliphatic carbocycles. The first-order chi connectivity index (χ1) is 5.88. The zero-order chi connectivity index (χ0) is 8.39. The van der Waals surface area contributed by atoms with Crippen LogP contribution in [0.2, 0.25) is 0 Å². The van der Waals surface area contributed by atoms with Crippen LogP contribution in [0.5, 0.6) is 0 Å². The molecule has 0 bridgehead atoms. The molecular formula is C8H9N4+. The largest absolute Gasteiger partial charge is 0.265 e. The monoisotopic (exact) mass is 161 g/mol. The van der Waals surface area contributed by atoms with Crippen molar-refractivity contribution in [3.63, 3.8) is 0 Å². The molecule has 4 nitrogen and oxygen atoms in total. The molecule has 12 heavy (non-hydrogen) atoms. The predicted octanol–water partition coefficient (Wildman–Crippen LogP) is 0.0918. The molecule has 0 aromatic carbocycles. The Bertz CT molecular complexity index is 366. The molecule has 4 heteroatoms. The number of nitrogens with zero attached hydrogens (tertiary/aromatic N) is 4. The van der Waals surface area contributed by atoms with Gasteiger partial charge in [-0.1, -0.05) is 0 Å². The molecule has 0 N–H and O–H groups in total. The number of pyridine rings is 1. The third-order valence-corrected chi connectivity index (χ3v) is 1.65. The lowest BCUT2D eigenvalue weighted by Gasteiger charge is -1.94. The van der Waals surface area contributed by atoms with Gasteiger partial charge in [0.2, 0.25) is 6.20 Å². The third kappa shape index (κ3) is 1.07. The number of aromatic nitrogens is 4. The summed E-state index contributed by atoms with van der Waals surface area (Å²) in [5.41, 5.74) is 1.01. The van der Waals surface area contributed by atoms with Gasteiger partial charge >= 0.3 is 0 Å². The molecule has 0 amide bonds. The maximum atomic E-state index is 4.14. The van der Waals surface area contributed by atoms with Crippen LogP contribution >= 0.6 is 0 Å². The van der Waals surface area contributed by atoms with Gasteiger partial charge in [0.1, 0.15) is 12.7 Å². The zero-order valence-electron chi connectivity index (χ0n) is 6.75. The molecule has 0 aliphatic heterocycles. The van der Waals surface area contributed by atoms with E-state index in [-0.39, 0.29) is 0 Å². The molecule has 60 valence electrons. The highest BCUT2D eigenvalue weighted by Gasteiger charge is 2.05. The van der Waals surface area contributed by atoms with Gasteiger partial charge in [-0.05, 0) is 16.9 Å². The first-order valence-electron chi connectivity index (χ1n) is 3.68. The first-order valence-corrected chi connectivity index (χ1v) is 3.68. The van der Waals surface area contributed by atoms with Crippen LogP contribution in [0.25, 0.3) is 5.69 Å². The average Bonchev–Trinajstić information content (AvgIpc) is 2.53. The summed E-state index contributed by atoms with van der Waals surface area (Å²) >= 11 is 0. The lowest BCUT2D eigenvalue weighted by atomic mass is 10.4. The molecule has 0 spiro atoms. The van der Waals surface area contributed by atoms with Crippen molar-refractivity contribution in [1.82, 2.24) is 14.9 Å². The molecule has 0 atom stereocenters. The van der Waals surface area contributed by atoms with Crippen molar-refractivity contribution in [3.8, 4) is 5.69 Å². The second kappa shape index (κ2) is 2.73. The maximum absolute atomic E-state index is 4.14. The quantitative estimate of drug-likeness (QED) is 0.556. The Morgan fingerprint density at radius 3 is 2.58 bits per heavy atom. The van der Waals surface area contributed by atoms with E-state index in [2.05, 4.69) is 10.1 Å². The normalized spacial score (nSPS) is 10.1. The van der Waals surface area contributed by atoms with Crippen molar-refractivity contribution in [2.24, 2.45) is 7.05 Å². The van der Waals surface area contributed by atoms with Gasteiger partial charge in [-0.3, -0.25) is 4.98 Å². The van der Waals surface area contributed by atoms with Crippen molar-refractivity contribution < 1.29 is 4.68 Å². The van der Waals surface area contributed by atoms with Gasteiger partial charge in [-0.25, -0.2) is 0 Å². The van der Waals surface area contributed by atoms with Crippen molar-refractivity contribution >= 4 is 0 Å². The molecule has 2 heterocycles. The summed E-state index contributed by atoms with van der Waals surface area (Å²) in [5.74, 6) is 0. The van der Waals surface area contributed by atoms with Crippen LogP contribution < -0.4 is 4.68 Å². The Kier molecular flexibility index (Phi) is 1.59. The number of hydrogen-bond acceptors (Lipinski definition) is 2. The van der Waals surface area contributed by atoms with Crippen molar-refractivity contribution in [2.75, 3.05) is 0 Å². The molecule has 0 unspecified atom stereocenters. The molecule has 2 aromatic rings. The topological polar surface area (TPSA) is 34.6 Å². The summed E-state index contributed by atoms with van der Waals surface area (Å²) in [6.07, 6.45) is 7.13. The molecule has 0 radical (unpaired) electrons. The maximum Gasteiger partial charge on any atom is 0.206 e. The lowest BCUT2D eigenvalue weighted by molar-refractivity contribution is -0.748. The van der Waals surface area contributed by atoms with E-state index in [0.717, 1.165) is 5.69 Å². The summed E-state index contributed by atoms with van der Waals surface area (Å²) in [6, 6.07) is 3.82. The minimum absolute atomic E-state index is 1.01. The number of aryl methyl sites for hydroxylation is 1. The molecule has 2 rings (SSSR count). The average molecular weight is 161 g/mol. The van der Waals surface area contributed by atoms with Crippen molar-refractivity contribution in [1.29, 1.82) is 0 Å². The van der Waals surface area contributed by atoms with Crippen LogP contribution in [0.4, 0.5) is 0 Å². The molecule has 2 aromatic heterocycles. The molecule has 0 aliphatic rings. The minimum atomic E-state index is 1.01. The highest BCUT2D eigenvalue weighted by atomic mass is 15.5. The Morgan fingerprint density at radius 1 is 1.25 bits per heavy atom. The van der Waals surface area contributed by atoms with E-state index in [1.165, 1.54) is 0 Å². The summed E-state index contributed by atoms with van der Waals surface area (Å²) in [4.78, 5) is 5.73. The Hall–Kier alpha value is -1.71. The number of rotatable bonds is 1. The SMILES string of the molecule is C[n+]1ccnn1-c1ccncc1. The first kappa shape index (κ1) is 6.97. The van der Waals surface area contributed by atoms with Gasteiger partial charge in [0, 0.05) is 17.5 Å². The van der Waals surface area contributed by atoms with Gasteiger partial charge in [0.25, 0.3) is 0 Å². The van der Waals surface area contributed by atoms with Crippen molar-refractivity contribution in [2.45, 2.75) is 0 Å². The second-order valence-electron chi connectivity index (χ2n) is 2.48. The van der Waals surface area contributed by atoms with E-state index in [1.807, 2.05) is 30.1 Å². The number of hydrogen-bond donors (Lipinski definition) is 0. The standard InChI is InChI=1S/C8H9N4/c1-11-7-6-10-12(11)8-2-4-9-5-3-8/h2-7H,1H3/q+1. The molecule has 0 saturated heterocycles. The van der Waals surface area contributed by atoms with E-state index in [9.17, 15) is 0 Å². The summed E-state index contributed by atoms with van der Waals surface area (Å²) < 4.78 is 1.90. The van der Waals surface area contributed by atoms with Crippen LogP contribution in [0.3, 0.4) is 0 Å². The zero-order valence-corrected chi connectivity index (χ0v) is 6.75. The molecule has 0 saturated carbocycles. The van der Waals surface area contributed by atoms with Gasteiger partial charge in [-0.2, -0.15) is 4.68 Å². The second-order valence-corrected chi connectivity index (χ2v) is 2.48. The predicted molar refractivity (Wildman–Crippen MR) is 42.5 cm³/mol. The van der Waals surface area contributed by atoms with Crippen LogP contribution in [0, 0.1) is 0 Å². The Balaban J connectivity index is 2.51. The summed E-state index contributed by atoms with van der Waals surface area (Å²) in [6.45, 7) is 0. The molecular weight excluding hydrogens is 152 g/mol. The Morgan fingerprint density at radius 2 is 2.00 bits per heavy atom. The smallest absolute Gasteiger partial charge is 0.206 e. The fourth-order valence-electron chi connectivity index (χ4n) is 1.06.